The molecule has 0 atom stereocenters. The van der Waals surface area contributed by atoms with E-state index in [4.69, 9.17) is 16.0 Å². The van der Waals surface area contributed by atoms with Gasteiger partial charge in [-0.2, -0.15) is 0 Å². The normalized spacial score (nSPS) is 11.3. The van der Waals surface area contributed by atoms with Crippen molar-refractivity contribution in [2.75, 3.05) is 5.32 Å². The Morgan fingerprint density at radius 2 is 1.70 bits per heavy atom. The molecule has 1 amide bonds. The highest BCUT2D eigenvalue weighted by molar-refractivity contribution is 7.89. The van der Waals surface area contributed by atoms with Gasteiger partial charge in [0.05, 0.1) is 5.75 Å². The standard InChI is InChI=1S/C20H18ClNO4S/c1-14-4-2-3-5-15(14)12-27(24,25)13-18-10-11-19(26-18)20(23)22-17-8-6-16(21)7-9-17/h2-11H,12-13H2,1H3,(H,22,23). The average Bonchev–Trinajstić information content (AvgIpc) is 3.06. The number of halogens is 1. The molecule has 0 unspecified atom stereocenters. The number of anilines is 1. The zero-order valence-electron chi connectivity index (χ0n) is 14.6. The first-order valence-electron chi connectivity index (χ1n) is 8.23. The molecule has 0 radical (unpaired) electrons. The summed E-state index contributed by atoms with van der Waals surface area (Å²) in [5.74, 6) is -0.529. The summed E-state index contributed by atoms with van der Waals surface area (Å²) in [6.07, 6.45) is 0. The molecule has 0 aliphatic carbocycles. The maximum Gasteiger partial charge on any atom is 0.291 e. The Labute approximate surface area is 162 Å². The quantitative estimate of drug-likeness (QED) is 0.652. The number of aryl methyl sites for hydroxylation is 1. The predicted octanol–water partition coefficient (Wildman–Crippen LogP) is 4.61. The van der Waals surface area contributed by atoms with E-state index in [1.54, 1.807) is 30.3 Å². The summed E-state index contributed by atoms with van der Waals surface area (Å²) in [6.45, 7) is 1.87. The Morgan fingerprint density at radius 1 is 1.00 bits per heavy atom. The van der Waals surface area contributed by atoms with Crippen LogP contribution in [0.5, 0.6) is 0 Å². The molecule has 3 rings (SSSR count). The second-order valence-electron chi connectivity index (χ2n) is 6.19. The van der Waals surface area contributed by atoms with Crippen LogP contribution in [0.25, 0.3) is 0 Å². The van der Waals surface area contributed by atoms with Crippen molar-refractivity contribution in [3.05, 3.63) is 88.3 Å². The molecule has 5 nitrogen and oxygen atoms in total. The summed E-state index contributed by atoms with van der Waals surface area (Å²) in [4.78, 5) is 12.2. The third-order valence-corrected chi connectivity index (χ3v) is 5.71. The molecule has 7 heteroatoms. The van der Waals surface area contributed by atoms with E-state index in [9.17, 15) is 13.2 Å². The van der Waals surface area contributed by atoms with Crippen LogP contribution < -0.4 is 5.32 Å². The average molecular weight is 404 g/mol. The van der Waals surface area contributed by atoms with Gasteiger partial charge in [-0.1, -0.05) is 35.9 Å². The van der Waals surface area contributed by atoms with Gasteiger partial charge in [0, 0.05) is 10.7 Å². The molecule has 1 heterocycles. The van der Waals surface area contributed by atoms with Crippen molar-refractivity contribution >= 4 is 33.0 Å². The molecule has 2 aromatic carbocycles. The van der Waals surface area contributed by atoms with Gasteiger partial charge in [-0.05, 0) is 54.4 Å². The maximum atomic E-state index is 12.5. The summed E-state index contributed by atoms with van der Waals surface area (Å²) >= 11 is 5.81. The van der Waals surface area contributed by atoms with E-state index in [0.29, 0.717) is 10.7 Å². The summed E-state index contributed by atoms with van der Waals surface area (Å²) < 4.78 is 30.3. The van der Waals surface area contributed by atoms with Crippen LogP contribution in [0.15, 0.2) is 65.1 Å². The lowest BCUT2D eigenvalue weighted by atomic mass is 10.1. The van der Waals surface area contributed by atoms with E-state index in [1.165, 1.54) is 12.1 Å². The van der Waals surface area contributed by atoms with Gasteiger partial charge in [0.2, 0.25) is 0 Å². The predicted molar refractivity (Wildman–Crippen MR) is 106 cm³/mol. The van der Waals surface area contributed by atoms with E-state index in [1.807, 2.05) is 25.1 Å². The molecule has 3 aromatic rings. The van der Waals surface area contributed by atoms with Crippen molar-refractivity contribution in [1.29, 1.82) is 0 Å². The number of carbonyl (C=O) groups excluding carboxylic acids is 1. The van der Waals surface area contributed by atoms with Gasteiger partial charge in [0.15, 0.2) is 15.6 Å². The van der Waals surface area contributed by atoms with Crippen LogP contribution in [-0.4, -0.2) is 14.3 Å². The number of amides is 1. The molecule has 1 aromatic heterocycles. The molecule has 0 saturated carbocycles. The second kappa shape index (κ2) is 7.98. The van der Waals surface area contributed by atoms with Gasteiger partial charge >= 0.3 is 0 Å². The molecule has 27 heavy (non-hydrogen) atoms. The first-order valence-corrected chi connectivity index (χ1v) is 10.4. The number of sulfone groups is 1. The Kier molecular flexibility index (Phi) is 5.68. The van der Waals surface area contributed by atoms with Crippen LogP contribution in [0.4, 0.5) is 5.69 Å². The number of rotatable bonds is 6. The molecular formula is C20H18ClNO4S. The topological polar surface area (TPSA) is 76.4 Å². The zero-order chi connectivity index (χ0) is 19.4. The fourth-order valence-electron chi connectivity index (χ4n) is 2.58. The number of benzene rings is 2. The van der Waals surface area contributed by atoms with E-state index in [0.717, 1.165) is 11.1 Å². The SMILES string of the molecule is Cc1ccccc1CS(=O)(=O)Cc1ccc(C(=O)Nc2ccc(Cl)cc2)o1. The molecular weight excluding hydrogens is 386 g/mol. The minimum absolute atomic E-state index is 0.0473. The first kappa shape index (κ1) is 19.2. The monoisotopic (exact) mass is 403 g/mol. The van der Waals surface area contributed by atoms with Gasteiger partial charge in [0.25, 0.3) is 5.91 Å². The largest absolute Gasteiger partial charge is 0.455 e. The van der Waals surface area contributed by atoms with E-state index in [-0.39, 0.29) is 23.0 Å². The van der Waals surface area contributed by atoms with E-state index >= 15 is 0 Å². The minimum atomic E-state index is -3.43. The molecule has 0 bridgehead atoms. The summed E-state index contributed by atoms with van der Waals surface area (Å²) in [7, 11) is -3.43. The number of furan rings is 1. The molecule has 0 aliphatic heterocycles. The second-order valence-corrected chi connectivity index (χ2v) is 8.69. The Bertz CT molecular complexity index is 1060. The Morgan fingerprint density at radius 3 is 2.41 bits per heavy atom. The molecule has 0 aliphatic rings. The smallest absolute Gasteiger partial charge is 0.291 e. The summed E-state index contributed by atoms with van der Waals surface area (Å²) in [5, 5.41) is 3.23. The van der Waals surface area contributed by atoms with Crippen molar-refractivity contribution in [3.63, 3.8) is 0 Å². The summed E-state index contributed by atoms with van der Waals surface area (Å²) in [5.41, 5.74) is 2.24. The van der Waals surface area contributed by atoms with Gasteiger partial charge in [-0.25, -0.2) is 8.42 Å². The maximum absolute atomic E-state index is 12.5. The molecule has 0 fully saturated rings. The van der Waals surface area contributed by atoms with Crippen LogP contribution in [0, 0.1) is 6.92 Å². The fourth-order valence-corrected chi connectivity index (χ4v) is 4.19. The Hall–Kier alpha value is -2.57. The van der Waals surface area contributed by atoms with Crippen LogP contribution >= 0.6 is 11.6 Å². The van der Waals surface area contributed by atoms with Crippen LogP contribution in [0.3, 0.4) is 0 Å². The highest BCUT2D eigenvalue weighted by atomic mass is 35.5. The highest BCUT2D eigenvalue weighted by Gasteiger charge is 2.18. The highest BCUT2D eigenvalue weighted by Crippen LogP contribution is 2.19. The van der Waals surface area contributed by atoms with Crippen LogP contribution in [-0.2, 0) is 21.3 Å². The lowest BCUT2D eigenvalue weighted by Gasteiger charge is -2.06. The summed E-state index contributed by atoms with van der Waals surface area (Å²) in [6, 6.07) is 16.9. The first-order chi connectivity index (χ1) is 12.8. The van der Waals surface area contributed by atoms with Gasteiger partial charge < -0.3 is 9.73 Å². The number of hydrogen-bond acceptors (Lipinski definition) is 4. The third-order valence-electron chi connectivity index (χ3n) is 3.99. The van der Waals surface area contributed by atoms with Crippen molar-refractivity contribution in [2.45, 2.75) is 18.4 Å². The van der Waals surface area contributed by atoms with E-state index in [2.05, 4.69) is 5.32 Å². The number of hydrogen-bond donors (Lipinski definition) is 1. The van der Waals surface area contributed by atoms with Crippen molar-refractivity contribution in [2.24, 2.45) is 0 Å². The van der Waals surface area contributed by atoms with Gasteiger partial charge in [0.1, 0.15) is 11.5 Å². The van der Waals surface area contributed by atoms with Crippen molar-refractivity contribution < 1.29 is 17.6 Å². The molecule has 140 valence electrons. The lowest BCUT2D eigenvalue weighted by Crippen LogP contribution is -2.11. The third kappa shape index (κ3) is 5.21. The fraction of sp³-hybridized carbons (Fsp3) is 0.150. The van der Waals surface area contributed by atoms with Crippen molar-refractivity contribution in [3.8, 4) is 0 Å². The molecule has 0 saturated heterocycles. The molecule has 1 N–H and O–H groups in total. The Balaban J connectivity index is 1.67. The van der Waals surface area contributed by atoms with Crippen LogP contribution in [0.1, 0.15) is 27.4 Å². The minimum Gasteiger partial charge on any atom is -0.455 e. The van der Waals surface area contributed by atoms with Gasteiger partial charge in [-0.3, -0.25) is 4.79 Å². The number of carbonyl (C=O) groups is 1. The van der Waals surface area contributed by atoms with Crippen LogP contribution in [0.2, 0.25) is 5.02 Å². The van der Waals surface area contributed by atoms with E-state index < -0.39 is 15.7 Å². The van der Waals surface area contributed by atoms with Crippen molar-refractivity contribution in [1.82, 2.24) is 0 Å². The molecule has 0 spiro atoms. The number of nitrogens with one attached hydrogen (secondary N) is 1. The van der Waals surface area contributed by atoms with Gasteiger partial charge in [-0.15, -0.1) is 0 Å². The lowest BCUT2D eigenvalue weighted by molar-refractivity contribution is 0.0995. The zero-order valence-corrected chi connectivity index (χ0v) is 16.2.